The quantitative estimate of drug-likeness (QED) is 0.510. The number of thiocarbonyl (C=S) groups is 1. The van der Waals surface area contributed by atoms with Crippen LogP contribution in [0.25, 0.3) is 0 Å². The zero-order valence-electron chi connectivity index (χ0n) is 10.2. The van der Waals surface area contributed by atoms with Crippen molar-refractivity contribution in [2.24, 2.45) is 5.10 Å². The Morgan fingerprint density at radius 2 is 2.26 bits per heavy atom. The summed E-state index contributed by atoms with van der Waals surface area (Å²) in [5.74, 6) is 0. The minimum atomic E-state index is 0.428. The van der Waals surface area contributed by atoms with Gasteiger partial charge in [0.2, 0.25) is 0 Å². The van der Waals surface area contributed by atoms with Gasteiger partial charge in [0.05, 0.1) is 6.21 Å². The molecule has 0 amide bonds. The van der Waals surface area contributed by atoms with E-state index in [9.17, 15) is 0 Å². The van der Waals surface area contributed by atoms with Crippen LogP contribution in [-0.2, 0) is 0 Å². The van der Waals surface area contributed by atoms with Crippen LogP contribution >= 0.6 is 35.2 Å². The Hall–Kier alpha value is -1.43. The summed E-state index contributed by atoms with van der Waals surface area (Å²) in [5.41, 5.74) is 5.63. The molecule has 6 heteroatoms. The van der Waals surface area contributed by atoms with Crippen molar-refractivity contribution in [1.82, 2.24) is 5.43 Å². The molecule has 1 heterocycles. The molecule has 19 heavy (non-hydrogen) atoms. The molecule has 0 spiro atoms. The number of rotatable bonds is 3. The number of benzene rings is 1. The van der Waals surface area contributed by atoms with E-state index in [1.807, 2.05) is 41.9 Å². The first-order chi connectivity index (χ1) is 9.16. The summed E-state index contributed by atoms with van der Waals surface area (Å²) in [6, 6.07) is 7.60. The van der Waals surface area contributed by atoms with Gasteiger partial charge in [0.15, 0.2) is 5.11 Å². The Kier molecular flexibility index (Phi) is 4.90. The van der Waals surface area contributed by atoms with E-state index in [2.05, 4.69) is 15.8 Å². The van der Waals surface area contributed by atoms with Gasteiger partial charge in [-0.2, -0.15) is 16.4 Å². The molecule has 0 atom stereocenters. The van der Waals surface area contributed by atoms with Crippen molar-refractivity contribution in [1.29, 1.82) is 0 Å². The standard InChI is InChI=1S/C13H12ClN3S2/c1-9-11(14)3-2-4-12(9)16-13(18)17-15-7-10-5-6-19-8-10/h2-8H,1H3,(H2,16,17,18)/b15-7+. The summed E-state index contributed by atoms with van der Waals surface area (Å²) in [5, 5.41) is 12.2. The lowest BCUT2D eigenvalue weighted by Gasteiger charge is -2.10. The first kappa shape index (κ1) is 14.0. The van der Waals surface area contributed by atoms with Crippen LogP contribution in [0.4, 0.5) is 5.69 Å². The molecule has 0 aliphatic rings. The van der Waals surface area contributed by atoms with Gasteiger partial charge in [-0.05, 0) is 53.7 Å². The summed E-state index contributed by atoms with van der Waals surface area (Å²) in [4.78, 5) is 0. The first-order valence-corrected chi connectivity index (χ1v) is 7.27. The predicted molar refractivity (Wildman–Crippen MR) is 87.5 cm³/mol. The number of hydrogen-bond donors (Lipinski definition) is 2. The Morgan fingerprint density at radius 3 is 3.00 bits per heavy atom. The maximum atomic E-state index is 6.04. The van der Waals surface area contributed by atoms with Gasteiger partial charge in [-0.15, -0.1) is 0 Å². The number of hydrogen-bond acceptors (Lipinski definition) is 3. The molecule has 0 saturated heterocycles. The van der Waals surface area contributed by atoms with E-state index in [1.54, 1.807) is 17.6 Å². The van der Waals surface area contributed by atoms with E-state index >= 15 is 0 Å². The largest absolute Gasteiger partial charge is 0.331 e. The molecular formula is C13H12ClN3S2. The molecule has 2 aromatic rings. The molecule has 2 rings (SSSR count). The third kappa shape index (κ3) is 4.02. The zero-order chi connectivity index (χ0) is 13.7. The molecule has 1 aromatic heterocycles. The molecule has 98 valence electrons. The zero-order valence-corrected chi connectivity index (χ0v) is 12.6. The van der Waals surface area contributed by atoms with E-state index in [-0.39, 0.29) is 0 Å². The molecule has 3 nitrogen and oxygen atoms in total. The topological polar surface area (TPSA) is 36.4 Å². The lowest BCUT2D eigenvalue weighted by atomic mass is 10.2. The fourth-order valence-corrected chi connectivity index (χ4v) is 2.36. The maximum Gasteiger partial charge on any atom is 0.191 e. The number of anilines is 1. The van der Waals surface area contributed by atoms with Gasteiger partial charge in [0.25, 0.3) is 0 Å². The Labute approximate surface area is 126 Å². The molecular weight excluding hydrogens is 298 g/mol. The highest BCUT2D eigenvalue weighted by Crippen LogP contribution is 2.22. The van der Waals surface area contributed by atoms with Gasteiger partial charge >= 0.3 is 0 Å². The lowest BCUT2D eigenvalue weighted by molar-refractivity contribution is 1.05. The minimum absolute atomic E-state index is 0.428. The maximum absolute atomic E-state index is 6.04. The average Bonchev–Trinajstić information content (AvgIpc) is 2.88. The first-order valence-electron chi connectivity index (χ1n) is 5.54. The summed E-state index contributed by atoms with van der Waals surface area (Å²) >= 11 is 12.8. The second kappa shape index (κ2) is 6.65. The number of nitrogens with one attached hydrogen (secondary N) is 2. The van der Waals surface area contributed by atoms with Gasteiger partial charge in [-0.1, -0.05) is 17.7 Å². The fourth-order valence-electron chi connectivity index (χ4n) is 1.41. The third-order valence-corrected chi connectivity index (χ3v) is 3.74. The van der Waals surface area contributed by atoms with Crippen molar-refractivity contribution < 1.29 is 0 Å². The number of thiophene rings is 1. The summed E-state index contributed by atoms with van der Waals surface area (Å²) < 4.78 is 0. The minimum Gasteiger partial charge on any atom is -0.331 e. The fraction of sp³-hybridized carbons (Fsp3) is 0.0769. The Bertz CT molecular complexity index is 594. The number of nitrogens with zero attached hydrogens (tertiary/aromatic N) is 1. The van der Waals surface area contributed by atoms with Crippen molar-refractivity contribution in [3.63, 3.8) is 0 Å². The smallest absolute Gasteiger partial charge is 0.191 e. The number of halogens is 1. The Balaban J connectivity index is 1.93. The lowest BCUT2D eigenvalue weighted by Crippen LogP contribution is -2.24. The molecule has 0 aliphatic carbocycles. The molecule has 1 aromatic carbocycles. The monoisotopic (exact) mass is 309 g/mol. The highest BCUT2D eigenvalue weighted by atomic mass is 35.5. The molecule has 0 aliphatic heterocycles. The predicted octanol–water partition coefficient (Wildman–Crippen LogP) is 4.03. The van der Waals surface area contributed by atoms with Crippen LogP contribution in [0.3, 0.4) is 0 Å². The number of hydrazone groups is 1. The molecule has 0 unspecified atom stereocenters. The van der Waals surface area contributed by atoms with Crippen LogP contribution in [0.5, 0.6) is 0 Å². The highest BCUT2D eigenvalue weighted by Gasteiger charge is 2.02. The second-order valence-corrected chi connectivity index (χ2v) is 5.39. The van der Waals surface area contributed by atoms with Gasteiger partial charge in [0, 0.05) is 16.3 Å². The van der Waals surface area contributed by atoms with Crippen molar-refractivity contribution >= 4 is 52.2 Å². The second-order valence-electron chi connectivity index (χ2n) is 3.79. The van der Waals surface area contributed by atoms with Gasteiger partial charge in [-0.25, -0.2) is 0 Å². The Morgan fingerprint density at radius 1 is 1.42 bits per heavy atom. The van der Waals surface area contributed by atoms with Gasteiger partial charge < -0.3 is 5.32 Å². The average molecular weight is 310 g/mol. The van der Waals surface area contributed by atoms with E-state index in [0.29, 0.717) is 10.1 Å². The van der Waals surface area contributed by atoms with Crippen LogP contribution in [0.15, 0.2) is 40.1 Å². The van der Waals surface area contributed by atoms with Crippen molar-refractivity contribution in [2.45, 2.75) is 6.92 Å². The summed E-state index contributed by atoms with van der Waals surface area (Å²) in [6.07, 6.45) is 1.72. The van der Waals surface area contributed by atoms with Crippen LogP contribution in [0.1, 0.15) is 11.1 Å². The van der Waals surface area contributed by atoms with Crippen molar-refractivity contribution in [3.05, 3.63) is 51.2 Å². The SMILES string of the molecule is Cc1c(Cl)cccc1NC(=S)N/N=C/c1ccsc1. The molecule has 0 bridgehead atoms. The van der Waals surface area contributed by atoms with Gasteiger partial charge in [-0.3, -0.25) is 5.43 Å². The third-order valence-electron chi connectivity index (χ3n) is 2.44. The van der Waals surface area contributed by atoms with Crippen LogP contribution in [-0.4, -0.2) is 11.3 Å². The van der Waals surface area contributed by atoms with Crippen molar-refractivity contribution in [2.75, 3.05) is 5.32 Å². The normalized spacial score (nSPS) is 10.6. The van der Waals surface area contributed by atoms with E-state index in [1.165, 1.54) is 0 Å². The van der Waals surface area contributed by atoms with E-state index in [0.717, 1.165) is 16.8 Å². The van der Waals surface area contributed by atoms with Gasteiger partial charge in [0.1, 0.15) is 0 Å². The van der Waals surface area contributed by atoms with Crippen LogP contribution in [0, 0.1) is 6.92 Å². The van der Waals surface area contributed by atoms with Crippen molar-refractivity contribution in [3.8, 4) is 0 Å². The summed E-state index contributed by atoms with van der Waals surface area (Å²) in [6.45, 7) is 1.93. The van der Waals surface area contributed by atoms with Crippen LogP contribution < -0.4 is 10.7 Å². The molecule has 0 saturated carbocycles. The van der Waals surface area contributed by atoms with E-state index < -0.39 is 0 Å². The molecule has 2 N–H and O–H groups in total. The van der Waals surface area contributed by atoms with E-state index in [4.69, 9.17) is 23.8 Å². The highest BCUT2D eigenvalue weighted by molar-refractivity contribution is 7.80. The van der Waals surface area contributed by atoms with Crippen LogP contribution in [0.2, 0.25) is 5.02 Å². The molecule has 0 radical (unpaired) electrons. The molecule has 0 fully saturated rings. The summed E-state index contributed by atoms with van der Waals surface area (Å²) in [7, 11) is 0.